The topological polar surface area (TPSA) is 61.1 Å². The third-order valence-corrected chi connectivity index (χ3v) is 1.50. The monoisotopic (exact) mass is 378 g/mol. The molecule has 0 bridgehead atoms. The van der Waals surface area contributed by atoms with Gasteiger partial charge >= 0.3 is 0 Å². The van der Waals surface area contributed by atoms with E-state index in [1.165, 1.54) is 0 Å². The molecule has 0 heterocycles. The van der Waals surface area contributed by atoms with Crippen LogP contribution in [0.1, 0.15) is 19.3 Å². The van der Waals surface area contributed by atoms with Gasteiger partial charge in [0.1, 0.15) is 12.0 Å². The standard InChI is InChI=1S/C6H6O.C5H10NO.W/c7-6-4-2-1-3-5-6;6-4-2-1-3-5-7;/h1-5,7H;5-6H,1-4H2;/q;-1;. The van der Waals surface area contributed by atoms with E-state index in [4.69, 9.17) is 10.8 Å². The van der Waals surface area contributed by atoms with E-state index in [1.807, 2.05) is 6.07 Å². The fourth-order valence-electron chi connectivity index (χ4n) is 0.781. The van der Waals surface area contributed by atoms with E-state index in [-0.39, 0.29) is 21.1 Å². The summed E-state index contributed by atoms with van der Waals surface area (Å²) in [5, 5.41) is 8.63. The number of aromatic hydroxyl groups is 1. The molecular weight excluding hydrogens is 362 g/mol. The van der Waals surface area contributed by atoms with E-state index in [0.717, 1.165) is 19.1 Å². The number of carbonyl (C=O) groups excluding carboxylic acids is 1. The van der Waals surface area contributed by atoms with Gasteiger partial charge in [-0.3, -0.25) is 0 Å². The molecule has 84 valence electrons. The molecule has 0 aliphatic heterocycles. The number of aldehydes is 1. The molecule has 0 radical (unpaired) electrons. The van der Waals surface area contributed by atoms with Crippen LogP contribution in [0.5, 0.6) is 5.75 Å². The molecule has 15 heavy (non-hydrogen) atoms. The number of unbranched alkanes of at least 4 members (excludes halogenated alkanes) is 2. The average Bonchev–Trinajstić information content (AvgIpc) is 2.21. The van der Waals surface area contributed by atoms with Crippen LogP contribution in [0.2, 0.25) is 0 Å². The number of nitrogens with one attached hydrogen (secondary N) is 1. The van der Waals surface area contributed by atoms with Gasteiger partial charge in [-0.15, -0.1) is 0 Å². The third kappa shape index (κ3) is 13.3. The molecule has 1 rings (SSSR count). The van der Waals surface area contributed by atoms with Gasteiger partial charge in [0.25, 0.3) is 0 Å². The fraction of sp³-hybridized carbons (Fsp3) is 0.364. The van der Waals surface area contributed by atoms with Crippen molar-refractivity contribution in [1.29, 1.82) is 0 Å². The molecule has 0 amide bonds. The van der Waals surface area contributed by atoms with E-state index in [1.54, 1.807) is 24.3 Å². The van der Waals surface area contributed by atoms with Gasteiger partial charge < -0.3 is 15.6 Å². The smallest absolute Gasteiger partial charge is 0.119 e. The Morgan fingerprint density at radius 2 is 1.80 bits per heavy atom. The summed E-state index contributed by atoms with van der Waals surface area (Å²) in [6.07, 6.45) is 3.26. The Hall–Kier alpha value is -0.662. The molecule has 0 aliphatic rings. The first-order valence-corrected chi connectivity index (χ1v) is 4.63. The van der Waals surface area contributed by atoms with Crippen LogP contribution in [0.4, 0.5) is 0 Å². The van der Waals surface area contributed by atoms with Crippen LogP contribution in [-0.4, -0.2) is 17.9 Å². The Balaban J connectivity index is 0. The molecule has 0 aromatic heterocycles. The number of benzene rings is 1. The average molecular weight is 378 g/mol. The number of para-hydroxylation sites is 1. The number of hydrogen-bond donors (Lipinski definition) is 1. The zero-order valence-corrected chi connectivity index (χ0v) is 11.5. The van der Waals surface area contributed by atoms with E-state index in [9.17, 15) is 4.79 Å². The van der Waals surface area contributed by atoms with Crippen LogP contribution in [0, 0.1) is 0 Å². The first-order valence-electron chi connectivity index (χ1n) is 4.63. The second-order valence-corrected chi connectivity index (χ2v) is 2.75. The third-order valence-electron chi connectivity index (χ3n) is 1.50. The van der Waals surface area contributed by atoms with Crippen LogP contribution in [0.3, 0.4) is 0 Å². The Labute approximate surface area is 105 Å². The zero-order chi connectivity index (χ0) is 10.6. The van der Waals surface area contributed by atoms with E-state index in [0.29, 0.717) is 18.7 Å². The van der Waals surface area contributed by atoms with Crippen molar-refractivity contribution in [3.05, 3.63) is 36.1 Å². The molecule has 0 aliphatic carbocycles. The summed E-state index contributed by atoms with van der Waals surface area (Å²) >= 11 is 0. The zero-order valence-electron chi connectivity index (χ0n) is 8.56. The molecular formula is C11H16NO2W-. The van der Waals surface area contributed by atoms with Gasteiger partial charge in [0, 0.05) is 27.5 Å². The summed E-state index contributed by atoms with van der Waals surface area (Å²) in [5.74, 6) is 0.322. The predicted octanol–water partition coefficient (Wildman–Crippen LogP) is 2.80. The van der Waals surface area contributed by atoms with Crippen LogP contribution in [-0.2, 0) is 25.9 Å². The van der Waals surface area contributed by atoms with Crippen LogP contribution in [0.25, 0.3) is 5.73 Å². The van der Waals surface area contributed by atoms with Gasteiger partial charge in [0.05, 0.1) is 0 Å². The van der Waals surface area contributed by atoms with Crippen molar-refractivity contribution in [3.63, 3.8) is 0 Å². The molecule has 2 N–H and O–H groups in total. The summed E-state index contributed by atoms with van der Waals surface area (Å²) < 4.78 is 0. The molecule has 0 saturated heterocycles. The van der Waals surface area contributed by atoms with Crippen molar-refractivity contribution in [2.24, 2.45) is 0 Å². The van der Waals surface area contributed by atoms with Crippen LogP contribution < -0.4 is 0 Å². The molecule has 1 aromatic carbocycles. The molecule has 0 saturated carbocycles. The van der Waals surface area contributed by atoms with Gasteiger partial charge in [0.2, 0.25) is 0 Å². The molecule has 0 fully saturated rings. The Kier molecular flexibility index (Phi) is 14.9. The minimum Gasteiger partial charge on any atom is -0.677 e. The normalized spacial score (nSPS) is 8.07. The Morgan fingerprint density at radius 3 is 2.13 bits per heavy atom. The number of phenolic OH excluding ortho intramolecular Hbond substituents is 1. The molecule has 3 nitrogen and oxygen atoms in total. The summed E-state index contributed by atoms with van der Waals surface area (Å²) in [5.41, 5.74) is 6.67. The van der Waals surface area contributed by atoms with Gasteiger partial charge in [-0.1, -0.05) is 24.6 Å². The Bertz CT molecular complexity index is 229. The first-order chi connectivity index (χ1) is 6.81. The second kappa shape index (κ2) is 13.3. The molecule has 0 spiro atoms. The molecule has 1 aromatic rings. The first kappa shape index (κ1) is 16.8. The quantitative estimate of drug-likeness (QED) is 0.647. The largest absolute Gasteiger partial charge is 0.677 e. The van der Waals surface area contributed by atoms with Gasteiger partial charge in [-0.2, -0.15) is 6.54 Å². The van der Waals surface area contributed by atoms with Crippen molar-refractivity contribution in [2.75, 3.05) is 6.54 Å². The minimum absolute atomic E-state index is 0. The number of carbonyl (C=O) groups is 1. The van der Waals surface area contributed by atoms with E-state index >= 15 is 0 Å². The van der Waals surface area contributed by atoms with E-state index in [2.05, 4.69) is 0 Å². The van der Waals surface area contributed by atoms with Crippen LogP contribution >= 0.6 is 0 Å². The minimum atomic E-state index is 0. The summed E-state index contributed by atoms with van der Waals surface area (Å²) in [6.45, 7) is 0.452. The predicted molar refractivity (Wildman–Crippen MR) is 57.2 cm³/mol. The van der Waals surface area contributed by atoms with Crippen molar-refractivity contribution in [3.8, 4) is 5.75 Å². The van der Waals surface area contributed by atoms with Crippen molar-refractivity contribution >= 4 is 6.29 Å². The number of rotatable bonds is 4. The molecule has 4 heteroatoms. The SMILES string of the molecule is Oc1ccccc1.[NH-]CCCCC=O.[W]. The molecule has 0 unspecified atom stereocenters. The summed E-state index contributed by atoms with van der Waals surface area (Å²) in [4.78, 5) is 9.62. The van der Waals surface area contributed by atoms with Crippen molar-refractivity contribution in [2.45, 2.75) is 19.3 Å². The second-order valence-electron chi connectivity index (χ2n) is 2.75. The van der Waals surface area contributed by atoms with Crippen molar-refractivity contribution in [1.82, 2.24) is 0 Å². The van der Waals surface area contributed by atoms with Crippen LogP contribution in [0.15, 0.2) is 30.3 Å². The van der Waals surface area contributed by atoms with Crippen molar-refractivity contribution < 1.29 is 31.0 Å². The maximum Gasteiger partial charge on any atom is 0.119 e. The number of hydrogen-bond acceptors (Lipinski definition) is 2. The summed E-state index contributed by atoms with van der Waals surface area (Å²) in [6, 6.07) is 8.71. The molecule has 0 atom stereocenters. The van der Waals surface area contributed by atoms with Gasteiger partial charge in [0.15, 0.2) is 0 Å². The fourth-order valence-corrected chi connectivity index (χ4v) is 0.781. The van der Waals surface area contributed by atoms with Gasteiger partial charge in [-0.25, -0.2) is 0 Å². The van der Waals surface area contributed by atoms with E-state index < -0.39 is 0 Å². The Morgan fingerprint density at radius 1 is 1.20 bits per heavy atom. The maximum atomic E-state index is 9.62. The summed E-state index contributed by atoms with van der Waals surface area (Å²) in [7, 11) is 0. The van der Waals surface area contributed by atoms with Gasteiger partial charge in [-0.05, 0) is 18.6 Å². The maximum absolute atomic E-state index is 9.62. The number of phenols is 1.